The Kier molecular flexibility index (Phi) is 4.73. The molecule has 0 bridgehead atoms. The molecule has 0 fully saturated rings. The number of fused-ring (bicyclic) bond motifs is 1. The fraction of sp³-hybridized carbons (Fsp3) is 0.182. The lowest BCUT2D eigenvalue weighted by Crippen LogP contribution is -2.15. The second-order valence-electron chi connectivity index (χ2n) is 7.59. The average molecular weight is 447 g/mol. The van der Waals surface area contributed by atoms with Crippen molar-refractivity contribution in [3.05, 3.63) is 64.8 Å². The molecule has 0 atom stereocenters. The van der Waals surface area contributed by atoms with Gasteiger partial charge in [-0.05, 0) is 68.5 Å². The normalized spacial score (nSPS) is 11.3. The Morgan fingerprint density at radius 2 is 1.94 bits per heavy atom. The Morgan fingerprint density at radius 3 is 2.64 bits per heavy atom. The van der Waals surface area contributed by atoms with Gasteiger partial charge in [0.25, 0.3) is 11.6 Å². The standard InChI is InChI=1S/C22H18FN7O3/c1-10-7-15(12(3)32-10)18-9-16(20-11(2)27-33-22(20)25-18)21(31)24-19-8-14(5-6-17(19)23)30-13(4)26-28-29-30/h5-9H,1-4H3,(H,24,31). The Labute approximate surface area is 186 Å². The molecule has 0 unspecified atom stereocenters. The summed E-state index contributed by atoms with van der Waals surface area (Å²) in [6, 6.07) is 7.66. The van der Waals surface area contributed by atoms with Crippen LogP contribution in [0.1, 0.15) is 33.4 Å². The Hall–Kier alpha value is -4.41. The van der Waals surface area contributed by atoms with Crippen LogP contribution in [-0.4, -0.2) is 36.3 Å². The Morgan fingerprint density at radius 1 is 1.12 bits per heavy atom. The molecule has 4 heterocycles. The monoisotopic (exact) mass is 447 g/mol. The molecule has 1 amide bonds. The number of rotatable bonds is 4. The van der Waals surface area contributed by atoms with Crippen LogP contribution in [0.25, 0.3) is 28.0 Å². The third-order valence-electron chi connectivity index (χ3n) is 5.25. The minimum Gasteiger partial charge on any atom is -0.466 e. The molecule has 5 aromatic rings. The lowest BCUT2D eigenvalue weighted by atomic mass is 10.1. The van der Waals surface area contributed by atoms with Crippen molar-refractivity contribution < 1.29 is 18.1 Å². The van der Waals surface area contributed by atoms with E-state index in [9.17, 15) is 9.18 Å². The van der Waals surface area contributed by atoms with Crippen LogP contribution in [0.3, 0.4) is 0 Å². The summed E-state index contributed by atoms with van der Waals surface area (Å²) in [6.45, 7) is 7.05. The number of aryl methyl sites for hydroxylation is 4. The lowest BCUT2D eigenvalue weighted by molar-refractivity contribution is 0.102. The van der Waals surface area contributed by atoms with Crippen LogP contribution in [0.5, 0.6) is 0 Å². The van der Waals surface area contributed by atoms with Crippen molar-refractivity contribution in [3.63, 3.8) is 0 Å². The number of pyridine rings is 1. The third-order valence-corrected chi connectivity index (χ3v) is 5.25. The van der Waals surface area contributed by atoms with Gasteiger partial charge in [0.2, 0.25) is 0 Å². The van der Waals surface area contributed by atoms with Crippen molar-refractivity contribution in [1.82, 2.24) is 30.3 Å². The van der Waals surface area contributed by atoms with Crippen molar-refractivity contribution in [1.29, 1.82) is 0 Å². The first-order valence-electron chi connectivity index (χ1n) is 10.0. The molecule has 11 heteroatoms. The van der Waals surface area contributed by atoms with Crippen LogP contribution < -0.4 is 5.32 Å². The second kappa shape index (κ2) is 7.62. The van der Waals surface area contributed by atoms with E-state index >= 15 is 0 Å². The summed E-state index contributed by atoms with van der Waals surface area (Å²) in [6.07, 6.45) is 0. The molecule has 5 rings (SSSR count). The molecule has 0 aliphatic rings. The largest absolute Gasteiger partial charge is 0.466 e. The maximum absolute atomic E-state index is 14.6. The fourth-order valence-electron chi connectivity index (χ4n) is 3.70. The van der Waals surface area contributed by atoms with E-state index in [1.807, 2.05) is 13.0 Å². The highest BCUT2D eigenvalue weighted by molar-refractivity contribution is 6.13. The number of benzene rings is 1. The van der Waals surface area contributed by atoms with Crippen molar-refractivity contribution >= 4 is 22.7 Å². The van der Waals surface area contributed by atoms with Gasteiger partial charge in [-0.1, -0.05) is 5.16 Å². The number of furan rings is 1. The van der Waals surface area contributed by atoms with E-state index < -0.39 is 11.7 Å². The second-order valence-corrected chi connectivity index (χ2v) is 7.59. The van der Waals surface area contributed by atoms with E-state index in [2.05, 4.69) is 31.0 Å². The van der Waals surface area contributed by atoms with Gasteiger partial charge in [0.05, 0.1) is 33.7 Å². The van der Waals surface area contributed by atoms with E-state index in [0.717, 1.165) is 5.56 Å². The number of nitrogens with one attached hydrogen (secondary N) is 1. The zero-order chi connectivity index (χ0) is 23.3. The van der Waals surface area contributed by atoms with Gasteiger partial charge < -0.3 is 14.3 Å². The molecule has 0 aliphatic heterocycles. The molecule has 0 aliphatic carbocycles. The molecule has 166 valence electrons. The van der Waals surface area contributed by atoms with Crippen LogP contribution in [0, 0.1) is 33.5 Å². The van der Waals surface area contributed by atoms with E-state index in [0.29, 0.717) is 39.8 Å². The number of carbonyl (C=O) groups is 1. The molecule has 0 radical (unpaired) electrons. The van der Waals surface area contributed by atoms with E-state index in [-0.39, 0.29) is 17.0 Å². The third kappa shape index (κ3) is 3.53. The molecule has 1 N–H and O–H groups in total. The van der Waals surface area contributed by atoms with Crippen molar-refractivity contribution in [2.24, 2.45) is 0 Å². The van der Waals surface area contributed by atoms with Crippen LogP contribution in [-0.2, 0) is 0 Å². The van der Waals surface area contributed by atoms with Gasteiger partial charge in [-0.15, -0.1) is 5.10 Å². The summed E-state index contributed by atoms with van der Waals surface area (Å²) in [5.74, 6) is 0.729. The van der Waals surface area contributed by atoms with Crippen LogP contribution in [0.15, 0.2) is 39.3 Å². The first kappa shape index (κ1) is 20.5. The van der Waals surface area contributed by atoms with E-state index in [4.69, 9.17) is 8.94 Å². The first-order valence-corrected chi connectivity index (χ1v) is 10.0. The van der Waals surface area contributed by atoms with Crippen molar-refractivity contribution in [3.8, 4) is 16.9 Å². The minimum atomic E-state index is -0.605. The number of anilines is 1. The quantitative estimate of drug-likeness (QED) is 0.437. The number of hydrogen-bond acceptors (Lipinski definition) is 8. The zero-order valence-corrected chi connectivity index (χ0v) is 18.2. The number of amides is 1. The smallest absolute Gasteiger partial charge is 0.259 e. The molecule has 1 aromatic carbocycles. The molecular formula is C22H18FN7O3. The van der Waals surface area contributed by atoms with E-state index in [1.54, 1.807) is 26.8 Å². The molecule has 0 saturated heterocycles. The number of nitrogens with zero attached hydrogens (tertiary/aromatic N) is 6. The summed E-state index contributed by atoms with van der Waals surface area (Å²) >= 11 is 0. The molecular weight excluding hydrogens is 429 g/mol. The molecule has 4 aromatic heterocycles. The van der Waals surface area contributed by atoms with Gasteiger partial charge in [-0.25, -0.2) is 9.37 Å². The Balaban J connectivity index is 1.58. The minimum absolute atomic E-state index is 0.0247. The van der Waals surface area contributed by atoms with Crippen LogP contribution in [0.4, 0.5) is 10.1 Å². The molecule has 0 saturated carbocycles. The SMILES string of the molecule is Cc1cc(-c2cc(C(=O)Nc3cc(-n4nnnc4C)ccc3F)c3c(C)noc3n2)c(C)o1. The highest BCUT2D eigenvalue weighted by Gasteiger charge is 2.22. The van der Waals surface area contributed by atoms with Gasteiger partial charge in [0.1, 0.15) is 17.3 Å². The van der Waals surface area contributed by atoms with Gasteiger partial charge in [0.15, 0.2) is 5.82 Å². The van der Waals surface area contributed by atoms with Gasteiger partial charge in [-0.2, -0.15) is 4.68 Å². The van der Waals surface area contributed by atoms with Crippen LogP contribution in [0.2, 0.25) is 0 Å². The van der Waals surface area contributed by atoms with Gasteiger partial charge in [-0.3, -0.25) is 4.79 Å². The number of hydrogen-bond donors (Lipinski definition) is 1. The Bertz CT molecular complexity index is 1530. The van der Waals surface area contributed by atoms with E-state index in [1.165, 1.54) is 22.9 Å². The fourth-order valence-corrected chi connectivity index (χ4v) is 3.70. The highest BCUT2D eigenvalue weighted by atomic mass is 19.1. The summed E-state index contributed by atoms with van der Waals surface area (Å²) in [4.78, 5) is 17.8. The number of halogens is 1. The maximum Gasteiger partial charge on any atom is 0.259 e. The molecule has 10 nitrogen and oxygen atoms in total. The zero-order valence-electron chi connectivity index (χ0n) is 18.2. The number of aromatic nitrogens is 6. The lowest BCUT2D eigenvalue weighted by Gasteiger charge is -2.10. The van der Waals surface area contributed by atoms with Gasteiger partial charge >= 0.3 is 0 Å². The summed E-state index contributed by atoms with van der Waals surface area (Å²) in [5.41, 5.74) is 2.62. The van der Waals surface area contributed by atoms with Crippen molar-refractivity contribution in [2.75, 3.05) is 5.32 Å². The first-order chi connectivity index (χ1) is 15.8. The maximum atomic E-state index is 14.6. The molecule has 0 spiro atoms. The predicted molar refractivity (Wildman–Crippen MR) is 116 cm³/mol. The summed E-state index contributed by atoms with van der Waals surface area (Å²) < 4.78 is 27.0. The topological polar surface area (TPSA) is 125 Å². The van der Waals surface area contributed by atoms with Crippen molar-refractivity contribution in [2.45, 2.75) is 27.7 Å². The van der Waals surface area contributed by atoms with Gasteiger partial charge in [0, 0.05) is 5.56 Å². The summed E-state index contributed by atoms with van der Waals surface area (Å²) in [7, 11) is 0. The average Bonchev–Trinajstić information content (AvgIpc) is 3.47. The number of tetrazole rings is 1. The number of carbonyl (C=O) groups excluding carboxylic acids is 1. The van der Waals surface area contributed by atoms with Crippen LogP contribution >= 0.6 is 0 Å². The highest BCUT2D eigenvalue weighted by Crippen LogP contribution is 2.31. The molecule has 33 heavy (non-hydrogen) atoms. The summed E-state index contributed by atoms with van der Waals surface area (Å²) in [5, 5.41) is 18.3. The predicted octanol–water partition coefficient (Wildman–Crippen LogP) is 4.08.